The Morgan fingerprint density at radius 2 is 2.17 bits per heavy atom. The normalized spacial score (nSPS) is 15.5. The molecule has 1 aliphatic carbocycles. The van der Waals surface area contributed by atoms with Crippen LogP contribution in [0.3, 0.4) is 0 Å². The summed E-state index contributed by atoms with van der Waals surface area (Å²) in [6.45, 7) is 3.85. The molecule has 0 saturated heterocycles. The van der Waals surface area contributed by atoms with Crippen molar-refractivity contribution < 1.29 is 9.53 Å². The Bertz CT molecular complexity index is 452. The molecule has 1 aliphatic rings. The quantitative estimate of drug-likeness (QED) is 0.764. The molecule has 5 N–H and O–H groups in total. The van der Waals surface area contributed by atoms with Gasteiger partial charge < -0.3 is 21.5 Å². The van der Waals surface area contributed by atoms with Gasteiger partial charge in [0.15, 0.2) is 5.75 Å². The molecule has 100 valence electrons. The molecule has 1 aromatic heterocycles. The number of ether oxygens (including phenoxy) is 1. The lowest BCUT2D eigenvalue weighted by Crippen LogP contribution is -2.26. The molecule has 0 aromatic carbocycles. The molecule has 0 aliphatic heterocycles. The first kappa shape index (κ1) is 13.0. The first-order valence-corrected chi connectivity index (χ1v) is 6.96. The SMILES string of the molecule is CC(C)Oc1c(NC2CCC2)sc(C(N)=O)c1N. The first-order valence-electron chi connectivity index (χ1n) is 6.14. The number of thiophene rings is 1. The minimum absolute atomic E-state index is 0.00423. The molecule has 5 nitrogen and oxygen atoms in total. The van der Waals surface area contributed by atoms with Crippen LogP contribution in [0.1, 0.15) is 42.8 Å². The average Bonchev–Trinajstić information content (AvgIpc) is 2.50. The summed E-state index contributed by atoms with van der Waals surface area (Å²) < 4.78 is 5.69. The maximum absolute atomic E-state index is 11.3. The van der Waals surface area contributed by atoms with Crippen LogP contribution in [0.5, 0.6) is 5.75 Å². The van der Waals surface area contributed by atoms with Gasteiger partial charge in [0.25, 0.3) is 5.91 Å². The number of nitrogens with one attached hydrogen (secondary N) is 1. The maximum Gasteiger partial charge on any atom is 0.261 e. The summed E-state index contributed by atoms with van der Waals surface area (Å²) in [6.07, 6.45) is 3.53. The third kappa shape index (κ3) is 2.53. The number of anilines is 2. The monoisotopic (exact) mass is 269 g/mol. The average molecular weight is 269 g/mol. The van der Waals surface area contributed by atoms with Crippen LogP contribution in [-0.4, -0.2) is 18.1 Å². The molecule has 0 spiro atoms. The Hall–Kier alpha value is -1.43. The molecule has 2 rings (SSSR count). The molecule has 0 atom stereocenters. The summed E-state index contributed by atoms with van der Waals surface area (Å²) in [5, 5.41) is 4.19. The standard InChI is InChI=1S/C12H19N3O2S/c1-6(2)17-9-8(13)10(11(14)16)18-12(9)15-7-4-3-5-7/h6-7,15H,3-5,13H2,1-2H3,(H2,14,16). The van der Waals surface area contributed by atoms with E-state index in [0.29, 0.717) is 22.4 Å². The Morgan fingerprint density at radius 1 is 1.50 bits per heavy atom. The van der Waals surface area contributed by atoms with Crippen molar-refractivity contribution in [2.45, 2.75) is 45.3 Å². The highest BCUT2D eigenvalue weighted by Gasteiger charge is 2.25. The molecule has 6 heteroatoms. The number of amides is 1. The zero-order valence-corrected chi connectivity index (χ0v) is 11.5. The van der Waals surface area contributed by atoms with Crippen LogP contribution in [0.2, 0.25) is 0 Å². The largest absolute Gasteiger partial charge is 0.486 e. The number of hydrogen-bond acceptors (Lipinski definition) is 5. The van der Waals surface area contributed by atoms with Gasteiger partial charge in [0, 0.05) is 6.04 Å². The lowest BCUT2D eigenvalue weighted by Gasteiger charge is -2.27. The first-order chi connectivity index (χ1) is 8.49. The number of carbonyl (C=O) groups is 1. The van der Waals surface area contributed by atoms with Gasteiger partial charge in [-0.2, -0.15) is 0 Å². The summed E-state index contributed by atoms with van der Waals surface area (Å²) in [4.78, 5) is 11.7. The molecule has 1 fully saturated rings. The van der Waals surface area contributed by atoms with Gasteiger partial charge in [-0.1, -0.05) is 0 Å². The molecule has 0 bridgehead atoms. The van der Waals surface area contributed by atoms with Crippen molar-refractivity contribution >= 4 is 27.9 Å². The minimum Gasteiger partial charge on any atom is -0.486 e. The van der Waals surface area contributed by atoms with Crippen LogP contribution in [-0.2, 0) is 0 Å². The smallest absolute Gasteiger partial charge is 0.261 e. The van der Waals surface area contributed by atoms with E-state index < -0.39 is 5.91 Å². The number of hydrogen-bond donors (Lipinski definition) is 3. The van der Waals surface area contributed by atoms with Gasteiger partial charge in [-0.15, -0.1) is 11.3 Å². The zero-order valence-electron chi connectivity index (χ0n) is 10.7. The van der Waals surface area contributed by atoms with Gasteiger partial charge >= 0.3 is 0 Å². The molecule has 1 saturated carbocycles. The lowest BCUT2D eigenvalue weighted by molar-refractivity contribution is 0.100. The van der Waals surface area contributed by atoms with Crippen molar-refractivity contribution in [2.75, 3.05) is 11.1 Å². The van der Waals surface area contributed by atoms with Gasteiger partial charge in [0.1, 0.15) is 15.6 Å². The van der Waals surface area contributed by atoms with Crippen molar-refractivity contribution in [1.82, 2.24) is 0 Å². The van der Waals surface area contributed by atoms with E-state index in [4.69, 9.17) is 16.2 Å². The van der Waals surface area contributed by atoms with Crippen LogP contribution < -0.4 is 21.5 Å². The van der Waals surface area contributed by atoms with E-state index in [1.807, 2.05) is 13.8 Å². The highest BCUT2D eigenvalue weighted by molar-refractivity contribution is 7.19. The second-order valence-electron chi connectivity index (χ2n) is 4.81. The maximum atomic E-state index is 11.3. The van der Waals surface area contributed by atoms with E-state index in [1.165, 1.54) is 17.8 Å². The van der Waals surface area contributed by atoms with Gasteiger partial charge in [0.05, 0.1) is 6.10 Å². The second-order valence-corrected chi connectivity index (χ2v) is 5.83. The van der Waals surface area contributed by atoms with E-state index in [0.717, 1.165) is 17.8 Å². The van der Waals surface area contributed by atoms with Crippen molar-refractivity contribution in [1.29, 1.82) is 0 Å². The predicted octanol–water partition coefficient (Wildman–Crippen LogP) is 2.18. The van der Waals surface area contributed by atoms with E-state index in [-0.39, 0.29) is 6.10 Å². The highest BCUT2D eigenvalue weighted by atomic mass is 32.1. The summed E-state index contributed by atoms with van der Waals surface area (Å²) in [6, 6.07) is 0.457. The Labute approximate surface area is 110 Å². The number of nitrogens with two attached hydrogens (primary N) is 2. The van der Waals surface area contributed by atoms with E-state index >= 15 is 0 Å². The van der Waals surface area contributed by atoms with Crippen LogP contribution in [0.15, 0.2) is 0 Å². The molecule has 1 heterocycles. The van der Waals surface area contributed by atoms with Crippen molar-refractivity contribution in [3.8, 4) is 5.75 Å². The summed E-state index contributed by atoms with van der Waals surface area (Å²) >= 11 is 1.28. The topological polar surface area (TPSA) is 90.4 Å². The van der Waals surface area contributed by atoms with E-state index in [1.54, 1.807) is 0 Å². The van der Waals surface area contributed by atoms with E-state index in [9.17, 15) is 4.79 Å². The fourth-order valence-corrected chi connectivity index (χ4v) is 2.78. The zero-order chi connectivity index (χ0) is 13.3. The van der Waals surface area contributed by atoms with Crippen molar-refractivity contribution in [2.24, 2.45) is 5.73 Å². The number of primary amides is 1. The fraction of sp³-hybridized carbons (Fsp3) is 0.583. The second kappa shape index (κ2) is 5.06. The third-order valence-electron chi connectivity index (χ3n) is 2.92. The molecule has 1 amide bonds. The van der Waals surface area contributed by atoms with Crippen LogP contribution in [0, 0.1) is 0 Å². The Kier molecular flexibility index (Phi) is 3.65. The van der Waals surface area contributed by atoms with Gasteiger partial charge in [-0.05, 0) is 33.1 Å². The molecule has 1 aromatic rings. The minimum atomic E-state index is -0.507. The molecule has 18 heavy (non-hydrogen) atoms. The number of carbonyl (C=O) groups excluding carboxylic acids is 1. The third-order valence-corrected chi connectivity index (χ3v) is 4.05. The lowest BCUT2D eigenvalue weighted by atomic mass is 9.93. The van der Waals surface area contributed by atoms with Gasteiger partial charge in [0.2, 0.25) is 0 Å². The van der Waals surface area contributed by atoms with Crippen molar-refractivity contribution in [3.05, 3.63) is 4.88 Å². The summed E-state index contributed by atoms with van der Waals surface area (Å²) in [5.41, 5.74) is 11.6. The number of rotatable bonds is 5. The van der Waals surface area contributed by atoms with Crippen LogP contribution in [0.4, 0.5) is 10.7 Å². The fourth-order valence-electron chi connectivity index (χ4n) is 1.80. The Morgan fingerprint density at radius 3 is 2.61 bits per heavy atom. The predicted molar refractivity (Wildman–Crippen MR) is 74.3 cm³/mol. The van der Waals surface area contributed by atoms with Crippen LogP contribution >= 0.6 is 11.3 Å². The number of nitrogen functional groups attached to an aromatic ring is 1. The van der Waals surface area contributed by atoms with Crippen molar-refractivity contribution in [3.63, 3.8) is 0 Å². The molecular weight excluding hydrogens is 250 g/mol. The molecular formula is C12H19N3O2S. The van der Waals surface area contributed by atoms with E-state index in [2.05, 4.69) is 5.32 Å². The summed E-state index contributed by atoms with van der Waals surface area (Å²) in [5.74, 6) is 0.0588. The van der Waals surface area contributed by atoms with Gasteiger partial charge in [-0.3, -0.25) is 4.79 Å². The summed E-state index contributed by atoms with van der Waals surface area (Å²) in [7, 11) is 0. The van der Waals surface area contributed by atoms with Gasteiger partial charge in [-0.25, -0.2) is 0 Å². The van der Waals surface area contributed by atoms with Crippen LogP contribution in [0.25, 0.3) is 0 Å². The molecule has 0 unspecified atom stereocenters. The molecule has 0 radical (unpaired) electrons. The Balaban J connectivity index is 2.28. The highest BCUT2D eigenvalue weighted by Crippen LogP contribution is 2.44.